The smallest absolute Gasteiger partial charge is 0.323 e. The van der Waals surface area contributed by atoms with Gasteiger partial charge in [-0.05, 0) is 98.9 Å². The van der Waals surface area contributed by atoms with Crippen LogP contribution in [0.15, 0.2) is 90.9 Å². The highest BCUT2D eigenvalue weighted by atomic mass is 16.4. The lowest BCUT2D eigenvalue weighted by Gasteiger charge is -2.36. The van der Waals surface area contributed by atoms with Crippen LogP contribution in [0.3, 0.4) is 0 Å². The number of para-hydroxylation sites is 1. The van der Waals surface area contributed by atoms with Gasteiger partial charge in [0.25, 0.3) is 5.91 Å². The maximum Gasteiger partial charge on any atom is 0.323 e. The largest absolute Gasteiger partial charge is 0.481 e. The number of carbonyl (C=O) groups excluding carboxylic acids is 6. The number of carboxylic acids is 1. The van der Waals surface area contributed by atoms with Gasteiger partial charge in [-0.15, -0.1) is 0 Å². The highest BCUT2D eigenvalue weighted by Gasteiger charge is 2.39. The zero-order valence-electron chi connectivity index (χ0n) is 34.3. The normalized spacial score (nSPS) is 14.6. The first-order valence-electron chi connectivity index (χ1n) is 20.2. The molecule has 0 saturated heterocycles. The van der Waals surface area contributed by atoms with Crippen LogP contribution in [0.25, 0.3) is 6.08 Å². The van der Waals surface area contributed by atoms with E-state index in [0.717, 1.165) is 30.4 Å². The second-order valence-corrected chi connectivity index (χ2v) is 15.1. The third-order valence-corrected chi connectivity index (χ3v) is 10.1. The number of benzene rings is 2. The summed E-state index contributed by atoms with van der Waals surface area (Å²) in [7, 11) is 0. The molecule has 15 heteroatoms. The van der Waals surface area contributed by atoms with Gasteiger partial charge in [-0.1, -0.05) is 68.7 Å². The summed E-state index contributed by atoms with van der Waals surface area (Å²) in [6.07, 6.45) is 11.4. The van der Waals surface area contributed by atoms with Crippen molar-refractivity contribution in [3.8, 4) is 0 Å². The van der Waals surface area contributed by atoms with Gasteiger partial charge in [-0.3, -0.25) is 33.8 Å². The van der Waals surface area contributed by atoms with Crippen LogP contribution in [0.2, 0.25) is 0 Å². The van der Waals surface area contributed by atoms with Gasteiger partial charge in [0.1, 0.15) is 11.7 Å². The van der Waals surface area contributed by atoms with Gasteiger partial charge in [-0.2, -0.15) is 0 Å². The van der Waals surface area contributed by atoms with E-state index in [4.69, 9.17) is 0 Å². The zero-order chi connectivity index (χ0) is 43.5. The van der Waals surface area contributed by atoms with Gasteiger partial charge in [0.2, 0.25) is 17.7 Å². The number of amides is 6. The van der Waals surface area contributed by atoms with E-state index in [2.05, 4.69) is 36.9 Å². The average molecular weight is 822 g/mol. The lowest BCUT2D eigenvalue weighted by Crippen LogP contribution is -2.57. The predicted molar refractivity (Wildman–Crippen MR) is 228 cm³/mol. The summed E-state index contributed by atoms with van der Waals surface area (Å²) >= 11 is 0. The maximum atomic E-state index is 14.0. The Balaban J connectivity index is 1.45. The Morgan fingerprint density at radius 2 is 1.63 bits per heavy atom. The van der Waals surface area contributed by atoms with Gasteiger partial charge >= 0.3 is 12.0 Å². The van der Waals surface area contributed by atoms with Crippen molar-refractivity contribution in [2.45, 2.75) is 96.6 Å². The van der Waals surface area contributed by atoms with Crippen molar-refractivity contribution in [3.05, 3.63) is 108 Å². The molecule has 6 amide bonds. The molecule has 60 heavy (non-hydrogen) atoms. The van der Waals surface area contributed by atoms with E-state index in [1.54, 1.807) is 61.8 Å². The number of aliphatic carboxylic acids is 1. The quantitative estimate of drug-likeness (QED) is 0.0557. The van der Waals surface area contributed by atoms with Gasteiger partial charge in [-0.25, -0.2) is 4.79 Å². The van der Waals surface area contributed by atoms with E-state index in [9.17, 15) is 38.7 Å². The van der Waals surface area contributed by atoms with Crippen LogP contribution in [0.5, 0.6) is 0 Å². The van der Waals surface area contributed by atoms with Crippen LogP contribution in [0.4, 0.5) is 16.2 Å². The number of aromatic nitrogens is 1. The van der Waals surface area contributed by atoms with Crippen molar-refractivity contribution >= 4 is 58.9 Å². The number of pyridine rings is 1. The lowest BCUT2D eigenvalue weighted by atomic mass is 9.79. The third kappa shape index (κ3) is 15.3. The van der Waals surface area contributed by atoms with Crippen molar-refractivity contribution in [2.24, 2.45) is 5.92 Å². The van der Waals surface area contributed by atoms with Crippen LogP contribution >= 0.6 is 0 Å². The Kier molecular flexibility index (Phi) is 17.7. The standard InChI is InChI=1S/C45H55N7O8/c1-30(27-41(56)57)26-38(43(59)52-45(32(3)53)22-8-4-9-23-45)50-42(58)37(15-7-10-25-47-39(54)21-18-34-13-11-24-46-29-34)49-40(55)28-33-16-19-35(20-17-33)48-44(60)51-36-14-6-5-12-31(36)2/h5-6,11-14,16-21,24,26,29-30,37H,4,7-10,15,22-23,25,27-28H2,1-3H3,(H,47,54)(H,49,55)(H,50,58)(H,52,59)(H,56,57)(H2,48,51,60)/b21-18+,38-26-/t30?,37-/m0/s1. The third-order valence-electron chi connectivity index (χ3n) is 10.1. The number of allylic oxidation sites excluding steroid dienone is 1. The molecule has 1 aromatic heterocycles. The SMILES string of the molecule is CC(=O)C1(NC(=O)/C(=C/C(C)CC(=O)O)NC(=O)[C@H](CCCCNC(=O)/C=C/c2cccnc2)NC(=O)Cc2ccc(NC(=O)Nc3ccccc3C)cc2)CCCCC1. The van der Waals surface area contributed by atoms with E-state index < -0.39 is 47.2 Å². The molecule has 7 N–H and O–H groups in total. The van der Waals surface area contributed by atoms with Gasteiger partial charge in [0.05, 0.1) is 18.4 Å². The van der Waals surface area contributed by atoms with Gasteiger partial charge in [0, 0.05) is 36.4 Å². The van der Waals surface area contributed by atoms with Crippen molar-refractivity contribution in [1.29, 1.82) is 0 Å². The minimum atomic E-state index is -1.13. The van der Waals surface area contributed by atoms with Crippen LogP contribution < -0.4 is 31.9 Å². The molecule has 4 rings (SSSR count). The monoisotopic (exact) mass is 821 g/mol. The number of hydrogen-bond donors (Lipinski definition) is 7. The second kappa shape index (κ2) is 23.1. The molecule has 1 unspecified atom stereocenters. The molecule has 0 bridgehead atoms. The van der Waals surface area contributed by atoms with E-state index in [1.165, 1.54) is 19.1 Å². The van der Waals surface area contributed by atoms with Crippen molar-refractivity contribution in [3.63, 3.8) is 0 Å². The lowest BCUT2D eigenvalue weighted by molar-refractivity contribution is -0.137. The van der Waals surface area contributed by atoms with Crippen molar-refractivity contribution < 1.29 is 38.7 Å². The van der Waals surface area contributed by atoms with Crippen LogP contribution in [0, 0.1) is 12.8 Å². The average Bonchev–Trinajstić information content (AvgIpc) is 3.21. The fourth-order valence-electron chi connectivity index (χ4n) is 6.81. The summed E-state index contributed by atoms with van der Waals surface area (Å²) in [5, 5.41) is 26.0. The van der Waals surface area contributed by atoms with Crippen LogP contribution in [-0.4, -0.2) is 69.6 Å². The maximum absolute atomic E-state index is 14.0. The first kappa shape index (κ1) is 46.1. The topological polar surface area (TPSA) is 225 Å². The van der Waals surface area contributed by atoms with Crippen molar-refractivity contribution in [1.82, 2.24) is 26.3 Å². The summed E-state index contributed by atoms with van der Waals surface area (Å²) in [5.74, 6) is -4.23. The summed E-state index contributed by atoms with van der Waals surface area (Å²) in [4.78, 5) is 94.5. The molecule has 318 valence electrons. The second-order valence-electron chi connectivity index (χ2n) is 15.1. The molecule has 3 aromatic rings. The zero-order valence-corrected chi connectivity index (χ0v) is 34.3. The Labute approximate surface area is 350 Å². The number of aryl methyl sites for hydroxylation is 1. The van der Waals surface area contributed by atoms with Gasteiger partial charge in [0.15, 0.2) is 5.78 Å². The Morgan fingerprint density at radius 1 is 0.900 bits per heavy atom. The van der Waals surface area contributed by atoms with E-state index in [0.29, 0.717) is 42.6 Å². The molecule has 0 spiro atoms. The molecular formula is C45H55N7O8. The molecule has 2 atom stereocenters. The van der Waals surface area contributed by atoms with Crippen molar-refractivity contribution in [2.75, 3.05) is 17.2 Å². The predicted octanol–water partition coefficient (Wildman–Crippen LogP) is 5.58. The number of hydrogen-bond acceptors (Lipinski definition) is 8. The minimum Gasteiger partial charge on any atom is -0.481 e. The molecule has 1 aliphatic carbocycles. The van der Waals surface area contributed by atoms with Crippen LogP contribution in [-0.2, 0) is 35.2 Å². The van der Waals surface area contributed by atoms with Crippen LogP contribution in [0.1, 0.15) is 88.3 Å². The number of Topliss-reactive ketones (excluding diaryl/α,β-unsaturated/α-hetero) is 1. The summed E-state index contributed by atoms with van der Waals surface area (Å²) in [6, 6.07) is 16.0. The highest BCUT2D eigenvalue weighted by Crippen LogP contribution is 2.29. The number of rotatable bonds is 20. The first-order chi connectivity index (χ1) is 28.7. The highest BCUT2D eigenvalue weighted by molar-refractivity contribution is 6.02. The molecular weight excluding hydrogens is 767 g/mol. The number of carboxylic acid groups (broad SMARTS) is 1. The molecule has 15 nitrogen and oxygen atoms in total. The number of ketones is 1. The summed E-state index contributed by atoms with van der Waals surface area (Å²) < 4.78 is 0. The van der Waals surface area contributed by atoms with E-state index in [-0.39, 0.29) is 43.2 Å². The number of unbranched alkanes of at least 4 members (excludes halogenated alkanes) is 1. The van der Waals surface area contributed by atoms with Gasteiger partial charge < -0.3 is 37.0 Å². The summed E-state index contributed by atoms with van der Waals surface area (Å²) in [6.45, 7) is 5.17. The fourth-order valence-corrected chi connectivity index (χ4v) is 6.81. The molecule has 0 aliphatic heterocycles. The number of nitrogens with zero attached hydrogens (tertiary/aromatic N) is 1. The molecule has 1 fully saturated rings. The first-order valence-corrected chi connectivity index (χ1v) is 20.2. The molecule has 0 radical (unpaired) electrons. The minimum absolute atomic E-state index is 0.112. The van der Waals surface area contributed by atoms with E-state index in [1.807, 2.05) is 31.2 Å². The Hall–Kier alpha value is -6.64. The molecule has 2 aromatic carbocycles. The number of urea groups is 1. The molecule has 1 aliphatic rings. The summed E-state index contributed by atoms with van der Waals surface area (Å²) in [5.41, 5.74) is 2.10. The number of carbonyl (C=O) groups is 7. The van der Waals surface area contributed by atoms with E-state index >= 15 is 0 Å². The Bertz CT molecular complexity index is 2040. The number of nitrogens with one attached hydrogen (secondary N) is 6. The number of anilines is 2. The Morgan fingerprint density at radius 3 is 2.30 bits per heavy atom. The molecule has 1 heterocycles. The molecule has 1 saturated carbocycles. The fraction of sp³-hybridized carbons (Fsp3) is 0.378.